The summed E-state index contributed by atoms with van der Waals surface area (Å²) in [6, 6.07) is 39.3. The van der Waals surface area contributed by atoms with Crippen molar-refractivity contribution in [2.24, 2.45) is 5.92 Å². The van der Waals surface area contributed by atoms with Crippen molar-refractivity contribution in [2.75, 3.05) is 0 Å². The second-order valence-electron chi connectivity index (χ2n) is 11.2. The van der Waals surface area contributed by atoms with Gasteiger partial charge in [-0.1, -0.05) is 111 Å². The molecule has 0 aliphatic carbocycles. The van der Waals surface area contributed by atoms with Crippen LogP contribution >= 0.6 is 0 Å². The van der Waals surface area contributed by atoms with Crippen LogP contribution in [-0.4, -0.2) is 0 Å². The van der Waals surface area contributed by atoms with E-state index in [-0.39, 0.29) is 0 Å². The Morgan fingerprint density at radius 3 is 1.79 bits per heavy atom. The van der Waals surface area contributed by atoms with Crippen molar-refractivity contribution in [2.45, 2.75) is 31.2 Å². The van der Waals surface area contributed by atoms with Crippen LogP contribution in [0.5, 0.6) is 0 Å². The number of fused-ring (bicyclic) bond motifs is 8. The van der Waals surface area contributed by atoms with Crippen LogP contribution in [0, 0.1) is 5.92 Å². The van der Waals surface area contributed by atoms with Gasteiger partial charge in [-0.2, -0.15) is 0 Å². The van der Waals surface area contributed by atoms with E-state index in [1.807, 2.05) is 0 Å². The summed E-state index contributed by atoms with van der Waals surface area (Å²) >= 11 is 0. The smallest absolute Gasteiger partial charge is 0.238 e. The van der Waals surface area contributed by atoms with Gasteiger partial charge in [0.25, 0.3) is 0 Å². The fourth-order valence-electron chi connectivity index (χ4n) is 6.99. The number of benzene rings is 6. The Morgan fingerprint density at radius 2 is 1.13 bits per heavy atom. The minimum atomic E-state index is -0.840. The van der Waals surface area contributed by atoms with Crippen LogP contribution < -0.4 is 0 Å². The SMILES string of the molecule is C=C1O[C@@]2(c3ccc4c(ccc5ccccc54)c3)CC(C)C[C@]1(c1ccc3c(ccc4ccccc43)c1)O2. The number of hydrogen-bond acceptors (Lipinski definition) is 2. The third kappa shape index (κ3) is 2.98. The molecule has 2 heterocycles. The maximum atomic E-state index is 7.08. The summed E-state index contributed by atoms with van der Waals surface area (Å²) < 4.78 is 13.8. The van der Waals surface area contributed by atoms with Gasteiger partial charge in [0.15, 0.2) is 5.60 Å². The van der Waals surface area contributed by atoms with Crippen molar-refractivity contribution >= 4 is 43.1 Å². The summed E-state index contributed by atoms with van der Waals surface area (Å²) in [5.74, 6) is 0.274. The highest BCUT2D eigenvalue weighted by Gasteiger charge is 2.60. The number of ether oxygens (including phenoxy) is 2. The lowest BCUT2D eigenvalue weighted by Gasteiger charge is -2.40. The van der Waals surface area contributed by atoms with E-state index in [2.05, 4.69) is 123 Å². The van der Waals surface area contributed by atoms with E-state index in [4.69, 9.17) is 9.47 Å². The number of rotatable bonds is 2. The molecule has 2 heteroatoms. The van der Waals surface area contributed by atoms with Gasteiger partial charge in [0.2, 0.25) is 5.79 Å². The molecule has 1 unspecified atom stereocenters. The molecule has 8 rings (SSSR count). The van der Waals surface area contributed by atoms with Gasteiger partial charge in [0.1, 0.15) is 5.76 Å². The van der Waals surface area contributed by atoms with Gasteiger partial charge >= 0.3 is 0 Å². The zero-order valence-electron chi connectivity index (χ0n) is 21.4. The molecular formula is C36H28O2. The van der Waals surface area contributed by atoms with E-state index in [1.54, 1.807) is 0 Å². The molecule has 0 radical (unpaired) electrons. The maximum Gasteiger partial charge on any atom is 0.238 e. The first kappa shape index (κ1) is 21.9. The first-order valence-electron chi connectivity index (χ1n) is 13.5. The summed E-state index contributed by atoms with van der Waals surface area (Å²) in [5.41, 5.74) is 1.50. The molecule has 2 aliphatic heterocycles. The van der Waals surface area contributed by atoms with Gasteiger partial charge in [0, 0.05) is 12.0 Å². The summed E-state index contributed by atoms with van der Waals surface area (Å²) in [4.78, 5) is 0. The molecule has 2 saturated heterocycles. The average molecular weight is 493 g/mol. The van der Waals surface area contributed by atoms with Crippen LogP contribution in [0.15, 0.2) is 122 Å². The predicted molar refractivity (Wildman–Crippen MR) is 156 cm³/mol. The Labute approximate surface area is 222 Å². The largest absolute Gasteiger partial charge is 0.459 e. The maximum absolute atomic E-state index is 7.08. The summed E-state index contributed by atoms with van der Waals surface area (Å²) in [6.45, 7) is 6.74. The van der Waals surface area contributed by atoms with Crippen LogP contribution in [0.3, 0.4) is 0 Å². The molecule has 2 bridgehead atoms. The molecule has 2 nitrogen and oxygen atoms in total. The zero-order valence-corrected chi connectivity index (χ0v) is 21.4. The molecule has 0 saturated carbocycles. The highest BCUT2D eigenvalue weighted by molar-refractivity contribution is 6.08. The van der Waals surface area contributed by atoms with Crippen LogP contribution in [0.2, 0.25) is 0 Å². The van der Waals surface area contributed by atoms with E-state index in [1.165, 1.54) is 43.1 Å². The minimum Gasteiger partial charge on any atom is -0.459 e. The topological polar surface area (TPSA) is 18.5 Å². The van der Waals surface area contributed by atoms with E-state index in [0.717, 1.165) is 24.0 Å². The van der Waals surface area contributed by atoms with Crippen molar-refractivity contribution in [1.29, 1.82) is 0 Å². The molecule has 2 fully saturated rings. The fraction of sp³-hybridized carbons (Fsp3) is 0.167. The van der Waals surface area contributed by atoms with Gasteiger partial charge in [-0.15, -0.1) is 0 Å². The Hall–Kier alpha value is -4.14. The molecule has 6 aromatic carbocycles. The van der Waals surface area contributed by atoms with E-state index >= 15 is 0 Å². The van der Waals surface area contributed by atoms with Crippen LogP contribution in [0.25, 0.3) is 43.1 Å². The van der Waals surface area contributed by atoms with Gasteiger partial charge < -0.3 is 9.47 Å². The van der Waals surface area contributed by atoms with Crippen LogP contribution in [-0.2, 0) is 20.9 Å². The quantitative estimate of drug-likeness (QED) is 0.224. The summed E-state index contributed by atoms with van der Waals surface area (Å²) in [6.07, 6.45) is 1.65. The Balaban J connectivity index is 1.26. The van der Waals surface area contributed by atoms with Gasteiger partial charge in [-0.3, -0.25) is 0 Å². The van der Waals surface area contributed by atoms with E-state index in [0.29, 0.717) is 11.7 Å². The van der Waals surface area contributed by atoms with Crippen molar-refractivity contribution in [3.05, 3.63) is 133 Å². The standard InChI is InChI=1S/C36H28O2/c1-23-21-35(29-15-17-33-27(19-29)13-11-25-7-3-5-9-31(25)33)24(2)37-36(22-23,38-35)30-16-18-34-28(20-30)14-12-26-8-4-6-10-32(26)34/h3-20,23H,2,21-22H2,1H3/t23?,35-,36-/m0/s1. The van der Waals surface area contributed by atoms with Crippen molar-refractivity contribution in [1.82, 2.24) is 0 Å². The van der Waals surface area contributed by atoms with E-state index < -0.39 is 11.4 Å². The summed E-state index contributed by atoms with van der Waals surface area (Å²) in [5, 5.41) is 9.95. The molecule has 3 atom stereocenters. The predicted octanol–water partition coefficient (Wildman–Crippen LogP) is 9.34. The van der Waals surface area contributed by atoms with Crippen molar-refractivity contribution in [3.63, 3.8) is 0 Å². The van der Waals surface area contributed by atoms with Crippen LogP contribution in [0.1, 0.15) is 30.9 Å². The molecule has 0 aromatic heterocycles. The lowest BCUT2D eigenvalue weighted by atomic mass is 9.78. The van der Waals surface area contributed by atoms with Gasteiger partial charge in [-0.25, -0.2) is 0 Å². The highest BCUT2D eigenvalue weighted by atomic mass is 16.8. The molecule has 0 amide bonds. The average Bonchev–Trinajstić information content (AvgIpc) is 3.18. The lowest BCUT2D eigenvalue weighted by Crippen LogP contribution is -2.41. The zero-order chi connectivity index (χ0) is 25.5. The molecule has 6 aromatic rings. The Kier molecular flexibility index (Phi) is 4.43. The monoisotopic (exact) mass is 492 g/mol. The first-order valence-corrected chi connectivity index (χ1v) is 13.5. The van der Waals surface area contributed by atoms with E-state index in [9.17, 15) is 0 Å². The molecule has 0 spiro atoms. The molecular weight excluding hydrogens is 464 g/mol. The second-order valence-corrected chi connectivity index (χ2v) is 11.2. The minimum absolute atomic E-state index is 0.405. The number of hydrogen-bond donors (Lipinski definition) is 0. The Morgan fingerprint density at radius 1 is 0.605 bits per heavy atom. The molecule has 184 valence electrons. The Bertz CT molecular complexity index is 1940. The fourth-order valence-corrected chi connectivity index (χ4v) is 6.99. The van der Waals surface area contributed by atoms with Crippen molar-refractivity contribution in [3.8, 4) is 0 Å². The normalized spacial score (nSPS) is 24.9. The third-order valence-electron chi connectivity index (χ3n) is 8.73. The molecule has 38 heavy (non-hydrogen) atoms. The highest BCUT2D eigenvalue weighted by Crippen LogP contribution is 2.60. The molecule has 2 aliphatic rings. The van der Waals surface area contributed by atoms with Gasteiger partial charge in [-0.05, 0) is 73.1 Å². The van der Waals surface area contributed by atoms with Gasteiger partial charge in [0.05, 0.1) is 0 Å². The third-order valence-corrected chi connectivity index (χ3v) is 8.73. The van der Waals surface area contributed by atoms with Crippen molar-refractivity contribution < 1.29 is 9.47 Å². The lowest BCUT2D eigenvalue weighted by molar-refractivity contribution is -0.234. The summed E-state index contributed by atoms with van der Waals surface area (Å²) in [7, 11) is 0. The molecule has 0 N–H and O–H groups in total. The van der Waals surface area contributed by atoms with Crippen LogP contribution in [0.4, 0.5) is 0 Å². The second kappa shape index (κ2) is 7.69. The first-order chi connectivity index (χ1) is 18.5.